The highest BCUT2D eigenvalue weighted by Gasteiger charge is 2.20. The number of hydrogen-bond acceptors (Lipinski definition) is 3. The van der Waals surface area contributed by atoms with Crippen molar-refractivity contribution in [3.63, 3.8) is 0 Å². The second kappa shape index (κ2) is 7.00. The van der Waals surface area contributed by atoms with Crippen LogP contribution in [0.1, 0.15) is 11.1 Å². The predicted octanol–water partition coefficient (Wildman–Crippen LogP) is 3.90. The van der Waals surface area contributed by atoms with Crippen LogP contribution in [0.2, 0.25) is 5.02 Å². The molecule has 0 aromatic heterocycles. The van der Waals surface area contributed by atoms with E-state index in [9.17, 15) is 8.42 Å². The van der Waals surface area contributed by atoms with Crippen LogP contribution in [0.4, 0.5) is 0 Å². The smallest absolute Gasteiger partial charge is 0.244 e. The van der Waals surface area contributed by atoms with Crippen molar-refractivity contribution >= 4 is 37.6 Å². The molecular weight excluding hydrogens is 390 g/mol. The molecule has 0 unspecified atom stereocenters. The standard InChI is InChI=1S/C15H15BrClNO3S/c1-10-4-3-5-13(17)12(10)9-18-22(19,20)15-8-11(16)6-7-14(15)21-2/h3-8,18H,9H2,1-2H3. The summed E-state index contributed by atoms with van der Waals surface area (Å²) in [6, 6.07) is 10.3. The van der Waals surface area contributed by atoms with E-state index in [1.807, 2.05) is 19.1 Å². The van der Waals surface area contributed by atoms with Gasteiger partial charge in [0.2, 0.25) is 10.0 Å². The van der Waals surface area contributed by atoms with Gasteiger partial charge in [-0.1, -0.05) is 39.7 Å². The number of benzene rings is 2. The number of nitrogens with one attached hydrogen (secondary N) is 1. The molecule has 0 spiro atoms. The van der Waals surface area contributed by atoms with Gasteiger partial charge >= 0.3 is 0 Å². The van der Waals surface area contributed by atoms with E-state index in [-0.39, 0.29) is 17.2 Å². The summed E-state index contributed by atoms with van der Waals surface area (Å²) >= 11 is 9.39. The molecule has 0 radical (unpaired) electrons. The Morgan fingerprint density at radius 1 is 1.27 bits per heavy atom. The molecule has 0 aliphatic carbocycles. The Labute approximate surface area is 143 Å². The fourth-order valence-electron chi connectivity index (χ4n) is 2.00. The van der Waals surface area contributed by atoms with Gasteiger partial charge in [-0.3, -0.25) is 0 Å². The van der Waals surface area contributed by atoms with Gasteiger partial charge in [0.05, 0.1) is 7.11 Å². The summed E-state index contributed by atoms with van der Waals surface area (Å²) in [6.07, 6.45) is 0. The van der Waals surface area contributed by atoms with Crippen LogP contribution in [0.15, 0.2) is 45.8 Å². The van der Waals surface area contributed by atoms with E-state index in [1.165, 1.54) is 13.2 Å². The van der Waals surface area contributed by atoms with Gasteiger partial charge in [-0.05, 0) is 42.3 Å². The largest absolute Gasteiger partial charge is 0.495 e. The molecule has 118 valence electrons. The van der Waals surface area contributed by atoms with Crippen LogP contribution in [0.5, 0.6) is 5.75 Å². The second-order valence-corrected chi connectivity index (χ2v) is 7.71. The Bertz CT molecular complexity index is 773. The number of sulfonamides is 1. The molecule has 22 heavy (non-hydrogen) atoms. The molecule has 0 fully saturated rings. The Morgan fingerprint density at radius 3 is 2.64 bits per heavy atom. The molecule has 2 rings (SSSR count). The fraction of sp³-hybridized carbons (Fsp3) is 0.200. The minimum Gasteiger partial charge on any atom is -0.495 e. The van der Waals surface area contributed by atoms with Crippen LogP contribution in [-0.4, -0.2) is 15.5 Å². The van der Waals surface area contributed by atoms with Gasteiger partial charge in [-0.25, -0.2) is 13.1 Å². The second-order valence-electron chi connectivity index (χ2n) is 4.66. The van der Waals surface area contributed by atoms with E-state index >= 15 is 0 Å². The van der Waals surface area contributed by atoms with Crippen LogP contribution in [0.25, 0.3) is 0 Å². The molecule has 0 atom stereocenters. The molecule has 0 saturated heterocycles. The number of ether oxygens (including phenoxy) is 1. The van der Waals surface area contributed by atoms with Crippen molar-refractivity contribution in [2.45, 2.75) is 18.4 Å². The molecule has 2 aromatic rings. The number of methoxy groups -OCH3 is 1. The van der Waals surface area contributed by atoms with Gasteiger partial charge in [0, 0.05) is 16.0 Å². The van der Waals surface area contributed by atoms with Gasteiger partial charge < -0.3 is 4.74 Å². The maximum absolute atomic E-state index is 12.5. The zero-order chi connectivity index (χ0) is 16.3. The van der Waals surface area contributed by atoms with Crippen molar-refractivity contribution in [3.05, 3.63) is 57.0 Å². The monoisotopic (exact) mass is 403 g/mol. The number of hydrogen-bond donors (Lipinski definition) is 1. The minimum absolute atomic E-state index is 0.0779. The minimum atomic E-state index is -3.72. The number of rotatable bonds is 5. The molecular formula is C15H15BrClNO3S. The quantitative estimate of drug-likeness (QED) is 0.822. The Morgan fingerprint density at radius 2 is 2.00 bits per heavy atom. The molecule has 0 aliphatic rings. The van der Waals surface area contributed by atoms with Crippen LogP contribution in [0, 0.1) is 6.92 Å². The summed E-state index contributed by atoms with van der Waals surface area (Å²) in [5.74, 6) is 0.284. The highest BCUT2D eigenvalue weighted by molar-refractivity contribution is 9.10. The van der Waals surface area contributed by atoms with Crippen LogP contribution in [-0.2, 0) is 16.6 Å². The topological polar surface area (TPSA) is 55.4 Å². The van der Waals surface area contributed by atoms with Crippen molar-refractivity contribution in [2.24, 2.45) is 0 Å². The van der Waals surface area contributed by atoms with Gasteiger partial charge in [0.15, 0.2) is 0 Å². The Kier molecular flexibility index (Phi) is 5.50. The van der Waals surface area contributed by atoms with Crippen LogP contribution < -0.4 is 9.46 Å². The number of aryl methyl sites for hydroxylation is 1. The van der Waals surface area contributed by atoms with Crippen molar-refractivity contribution in [1.82, 2.24) is 4.72 Å². The first-order valence-electron chi connectivity index (χ1n) is 6.42. The van der Waals surface area contributed by atoms with E-state index in [2.05, 4.69) is 20.7 Å². The average molecular weight is 405 g/mol. The lowest BCUT2D eigenvalue weighted by Gasteiger charge is -2.13. The molecule has 0 bridgehead atoms. The van der Waals surface area contributed by atoms with Crippen molar-refractivity contribution in [2.75, 3.05) is 7.11 Å². The molecule has 0 amide bonds. The highest BCUT2D eigenvalue weighted by Crippen LogP contribution is 2.27. The summed E-state index contributed by atoms with van der Waals surface area (Å²) in [5.41, 5.74) is 1.68. The Balaban J connectivity index is 2.31. The molecule has 0 heterocycles. The first-order valence-corrected chi connectivity index (χ1v) is 9.08. The molecule has 2 aromatic carbocycles. The van der Waals surface area contributed by atoms with Gasteiger partial charge in [0.25, 0.3) is 0 Å². The molecule has 7 heteroatoms. The van der Waals surface area contributed by atoms with Gasteiger partial charge in [0.1, 0.15) is 10.6 Å². The van der Waals surface area contributed by atoms with Crippen molar-refractivity contribution in [3.8, 4) is 5.75 Å². The summed E-state index contributed by atoms with van der Waals surface area (Å²) in [4.78, 5) is 0.0779. The zero-order valence-corrected chi connectivity index (χ0v) is 15.2. The van der Waals surface area contributed by atoms with Crippen LogP contribution in [0.3, 0.4) is 0 Å². The summed E-state index contributed by atoms with van der Waals surface area (Å²) in [7, 11) is -2.29. The van der Waals surface area contributed by atoms with E-state index in [0.717, 1.165) is 11.1 Å². The third-order valence-electron chi connectivity index (χ3n) is 3.21. The van der Waals surface area contributed by atoms with Gasteiger partial charge in [-0.15, -0.1) is 0 Å². The SMILES string of the molecule is COc1ccc(Br)cc1S(=O)(=O)NCc1c(C)cccc1Cl. The predicted molar refractivity (Wildman–Crippen MR) is 90.9 cm³/mol. The normalized spacial score (nSPS) is 11.5. The molecule has 1 N–H and O–H groups in total. The first kappa shape index (κ1) is 17.3. The van der Waals surface area contributed by atoms with E-state index in [1.54, 1.807) is 18.2 Å². The van der Waals surface area contributed by atoms with Crippen molar-refractivity contribution < 1.29 is 13.2 Å². The summed E-state index contributed by atoms with van der Waals surface area (Å²) < 4.78 is 33.3. The maximum atomic E-state index is 12.5. The third-order valence-corrected chi connectivity index (χ3v) is 5.48. The summed E-state index contributed by atoms with van der Waals surface area (Å²) in [5, 5.41) is 0.531. The number of halogens is 2. The lowest BCUT2D eigenvalue weighted by atomic mass is 10.1. The summed E-state index contributed by atoms with van der Waals surface area (Å²) in [6.45, 7) is 2.00. The van der Waals surface area contributed by atoms with E-state index in [4.69, 9.17) is 16.3 Å². The zero-order valence-electron chi connectivity index (χ0n) is 12.1. The molecule has 0 saturated carbocycles. The molecule has 0 aliphatic heterocycles. The highest BCUT2D eigenvalue weighted by atomic mass is 79.9. The Hall–Kier alpha value is -1.08. The van der Waals surface area contributed by atoms with Crippen LogP contribution >= 0.6 is 27.5 Å². The van der Waals surface area contributed by atoms with E-state index in [0.29, 0.717) is 9.50 Å². The fourth-order valence-corrected chi connectivity index (χ4v) is 3.99. The average Bonchev–Trinajstić information content (AvgIpc) is 2.46. The molecule has 4 nitrogen and oxygen atoms in total. The maximum Gasteiger partial charge on any atom is 0.244 e. The first-order chi connectivity index (χ1) is 10.3. The third kappa shape index (κ3) is 3.81. The van der Waals surface area contributed by atoms with Gasteiger partial charge in [-0.2, -0.15) is 0 Å². The lowest BCUT2D eigenvalue weighted by molar-refractivity contribution is 0.402. The van der Waals surface area contributed by atoms with E-state index < -0.39 is 10.0 Å². The van der Waals surface area contributed by atoms with Crippen molar-refractivity contribution in [1.29, 1.82) is 0 Å². The lowest BCUT2D eigenvalue weighted by Crippen LogP contribution is -2.24.